The molecule has 0 heterocycles. The Morgan fingerprint density at radius 2 is 1.00 bits per heavy atom. The number of ether oxygens (including phenoxy) is 8. The van der Waals surface area contributed by atoms with Crippen LogP contribution in [-0.4, -0.2) is 116 Å². The van der Waals surface area contributed by atoms with E-state index in [1.165, 1.54) is 0 Å². The molecule has 0 bridgehead atoms. The zero-order valence-electron chi connectivity index (χ0n) is 22.4. The second-order valence-electron chi connectivity index (χ2n) is 8.66. The standard InChI is InChI=1S/C26H46O10/c1-25(27,22-35-18-17-33-15-13-31-11-9-29-3)24-7-5-23(6-8-24)21-26(2,28)36-20-19-34-16-14-32-12-10-30-4/h5-8,27-28H,9-22H2,1-4H3. The summed E-state index contributed by atoms with van der Waals surface area (Å²) in [5, 5.41) is 21.3. The SMILES string of the molecule is COCCOCCOCCOCC(C)(O)c1ccc(CC(C)(O)OCCOCCOCCOC)cc1. The van der Waals surface area contributed by atoms with Crippen molar-refractivity contribution < 1.29 is 48.1 Å². The third-order valence-corrected chi connectivity index (χ3v) is 5.11. The molecule has 0 aromatic heterocycles. The van der Waals surface area contributed by atoms with Gasteiger partial charge in [-0.2, -0.15) is 0 Å². The minimum Gasteiger partial charge on any atom is -0.383 e. The maximum atomic E-state index is 10.8. The Balaban J connectivity index is 2.23. The molecule has 0 radical (unpaired) electrons. The van der Waals surface area contributed by atoms with Crippen LogP contribution in [0.1, 0.15) is 25.0 Å². The van der Waals surface area contributed by atoms with Crippen LogP contribution in [0, 0.1) is 0 Å². The van der Waals surface area contributed by atoms with E-state index in [-0.39, 0.29) is 13.2 Å². The molecule has 2 atom stereocenters. The van der Waals surface area contributed by atoms with E-state index in [4.69, 9.17) is 37.9 Å². The van der Waals surface area contributed by atoms with Gasteiger partial charge in [0.25, 0.3) is 0 Å². The number of methoxy groups -OCH3 is 2. The first-order valence-corrected chi connectivity index (χ1v) is 12.4. The quantitative estimate of drug-likeness (QED) is 0.154. The van der Waals surface area contributed by atoms with Gasteiger partial charge in [-0.05, 0) is 25.0 Å². The Morgan fingerprint density at radius 3 is 1.47 bits per heavy atom. The largest absolute Gasteiger partial charge is 0.383 e. The summed E-state index contributed by atoms with van der Waals surface area (Å²) in [5.74, 6) is -1.33. The molecule has 1 aromatic rings. The molecule has 1 aromatic carbocycles. The van der Waals surface area contributed by atoms with E-state index in [0.29, 0.717) is 79.1 Å². The fourth-order valence-corrected chi connectivity index (χ4v) is 3.13. The summed E-state index contributed by atoms with van der Waals surface area (Å²) in [6.07, 6.45) is 0.304. The van der Waals surface area contributed by atoms with Gasteiger partial charge < -0.3 is 48.1 Å². The number of hydrogen-bond donors (Lipinski definition) is 2. The second-order valence-corrected chi connectivity index (χ2v) is 8.66. The number of rotatable bonds is 24. The molecule has 0 aliphatic rings. The van der Waals surface area contributed by atoms with E-state index in [2.05, 4.69) is 0 Å². The van der Waals surface area contributed by atoms with Gasteiger partial charge in [0.2, 0.25) is 0 Å². The van der Waals surface area contributed by atoms with Crippen LogP contribution >= 0.6 is 0 Å². The lowest BCUT2D eigenvalue weighted by Gasteiger charge is -2.26. The van der Waals surface area contributed by atoms with Crippen molar-refractivity contribution in [3.05, 3.63) is 35.4 Å². The average Bonchev–Trinajstić information content (AvgIpc) is 2.84. The van der Waals surface area contributed by atoms with Crippen LogP contribution in [0.15, 0.2) is 24.3 Å². The summed E-state index contributed by atoms with van der Waals surface area (Å²) in [4.78, 5) is 0. The highest BCUT2D eigenvalue weighted by atomic mass is 16.6. The highest BCUT2D eigenvalue weighted by molar-refractivity contribution is 5.27. The number of benzene rings is 1. The van der Waals surface area contributed by atoms with Crippen LogP contribution in [0.3, 0.4) is 0 Å². The lowest BCUT2D eigenvalue weighted by atomic mass is 9.94. The summed E-state index contributed by atoms with van der Waals surface area (Å²) >= 11 is 0. The van der Waals surface area contributed by atoms with E-state index < -0.39 is 11.4 Å². The summed E-state index contributed by atoms with van der Waals surface area (Å²) in [6.45, 7) is 9.00. The Bertz CT molecular complexity index is 636. The number of hydrogen-bond acceptors (Lipinski definition) is 10. The van der Waals surface area contributed by atoms with Crippen molar-refractivity contribution in [2.24, 2.45) is 0 Å². The summed E-state index contributed by atoms with van der Waals surface area (Å²) in [5.41, 5.74) is 0.459. The molecule has 0 saturated carbocycles. The fourth-order valence-electron chi connectivity index (χ4n) is 3.13. The summed E-state index contributed by atoms with van der Waals surface area (Å²) < 4.78 is 42.4. The lowest BCUT2D eigenvalue weighted by molar-refractivity contribution is -0.195. The van der Waals surface area contributed by atoms with Crippen LogP contribution in [0.5, 0.6) is 0 Å². The first-order valence-electron chi connectivity index (χ1n) is 12.4. The van der Waals surface area contributed by atoms with Gasteiger partial charge in [0, 0.05) is 20.6 Å². The predicted octanol–water partition coefficient (Wildman–Crippen LogP) is 1.54. The van der Waals surface area contributed by atoms with Gasteiger partial charge in [0.15, 0.2) is 5.79 Å². The van der Waals surface area contributed by atoms with E-state index in [1.54, 1.807) is 28.1 Å². The smallest absolute Gasteiger partial charge is 0.166 e. The molecule has 36 heavy (non-hydrogen) atoms. The molecular formula is C26H46O10. The maximum Gasteiger partial charge on any atom is 0.166 e. The Labute approximate surface area is 215 Å². The van der Waals surface area contributed by atoms with E-state index in [0.717, 1.165) is 11.1 Å². The molecule has 0 saturated heterocycles. The van der Waals surface area contributed by atoms with Crippen LogP contribution in [-0.2, 0) is 49.9 Å². The summed E-state index contributed by atoms with van der Waals surface area (Å²) in [7, 11) is 3.26. The molecule has 0 aliphatic heterocycles. The first-order chi connectivity index (χ1) is 17.3. The van der Waals surface area contributed by atoms with E-state index in [9.17, 15) is 10.2 Å². The van der Waals surface area contributed by atoms with Crippen molar-refractivity contribution in [2.75, 3.05) is 100 Å². The van der Waals surface area contributed by atoms with Crippen molar-refractivity contribution in [3.8, 4) is 0 Å². The molecule has 0 spiro atoms. The van der Waals surface area contributed by atoms with Crippen molar-refractivity contribution in [2.45, 2.75) is 31.7 Å². The summed E-state index contributed by atoms with van der Waals surface area (Å²) in [6, 6.07) is 7.38. The van der Waals surface area contributed by atoms with Crippen molar-refractivity contribution in [1.29, 1.82) is 0 Å². The predicted molar refractivity (Wildman–Crippen MR) is 134 cm³/mol. The third kappa shape index (κ3) is 16.5. The molecule has 210 valence electrons. The average molecular weight is 519 g/mol. The monoisotopic (exact) mass is 518 g/mol. The van der Waals surface area contributed by atoms with Gasteiger partial charge in [0.05, 0.1) is 85.9 Å². The zero-order chi connectivity index (χ0) is 26.5. The van der Waals surface area contributed by atoms with Crippen LogP contribution in [0.4, 0.5) is 0 Å². The van der Waals surface area contributed by atoms with Crippen LogP contribution in [0.2, 0.25) is 0 Å². The maximum absolute atomic E-state index is 10.8. The highest BCUT2D eigenvalue weighted by Gasteiger charge is 2.25. The van der Waals surface area contributed by atoms with E-state index in [1.807, 2.05) is 24.3 Å². The van der Waals surface area contributed by atoms with Gasteiger partial charge in [-0.15, -0.1) is 0 Å². The van der Waals surface area contributed by atoms with Gasteiger partial charge in [-0.25, -0.2) is 0 Å². The molecule has 2 unspecified atom stereocenters. The number of aliphatic hydroxyl groups is 2. The van der Waals surface area contributed by atoms with Crippen molar-refractivity contribution >= 4 is 0 Å². The molecule has 1 rings (SSSR count). The molecule has 10 nitrogen and oxygen atoms in total. The molecule has 0 fully saturated rings. The van der Waals surface area contributed by atoms with Crippen molar-refractivity contribution in [1.82, 2.24) is 0 Å². The highest BCUT2D eigenvalue weighted by Crippen LogP contribution is 2.23. The zero-order valence-corrected chi connectivity index (χ0v) is 22.4. The molecule has 10 heteroatoms. The van der Waals surface area contributed by atoms with Crippen LogP contribution in [0.25, 0.3) is 0 Å². The van der Waals surface area contributed by atoms with Gasteiger partial charge in [-0.1, -0.05) is 24.3 Å². The van der Waals surface area contributed by atoms with Crippen LogP contribution < -0.4 is 0 Å². The molecular weight excluding hydrogens is 472 g/mol. The third-order valence-electron chi connectivity index (χ3n) is 5.11. The van der Waals surface area contributed by atoms with Gasteiger partial charge in [-0.3, -0.25) is 0 Å². The molecule has 0 amide bonds. The van der Waals surface area contributed by atoms with Gasteiger partial charge in [0.1, 0.15) is 5.60 Å². The van der Waals surface area contributed by atoms with Gasteiger partial charge >= 0.3 is 0 Å². The second kappa shape index (κ2) is 19.9. The lowest BCUT2D eigenvalue weighted by Crippen LogP contribution is -2.32. The van der Waals surface area contributed by atoms with E-state index >= 15 is 0 Å². The fraction of sp³-hybridized carbons (Fsp3) is 0.769. The first kappa shape index (κ1) is 32.8. The topological polar surface area (TPSA) is 114 Å². The molecule has 0 aliphatic carbocycles. The molecule has 2 N–H and O–H groups in total. The normalized spacial score (nSPS) is 15.1. The van der Waals surface area contributed by atoms with Crippen molar-refractivity contribution in [3.63, 3.8) is 0 Å². The minimum atomic E-state index is -1.33. The Kier molecular flexibility index (Phi) is 18.1. The Morgan fingerprint density at radius 1 is 0.583 bits per heavy atom. The Hall–Kier alpha value is -1.18. The minimum absolute atomic E-state index is 0.137.